The molecule has 0 fully saturated rings. The number of rotatable bonds is 7. The second-order valence-electron chi connectivity index (χ2n) is 4.50. The smallest absolute Gasteiger partial charge is 0.336 e. The van der Waals surface area contributed by atoms with Crippen molar-refractivity contribution in [1.82, 2.24) is 9.88 Å². The maximum Gasteiger partial charge on any atom is 0.336 e. The molecule has 2 aromatic rings. The first-order valence-corrected chi connectivity index (χ1v) is 7.50. The number of thiazole rings is 1. The zero-order valence-electron chi connectivity index (χ0n) is 12.1. The monoisotopic (exact) mass is 320 g/mol. The fourth-order valence-electron chi connectivity index (χ4n) is 1.97. The average molecular weight is 320 g/mol. The fourth-order valence-corrected chi connectivity index (χ4v) is 2.61. The lowest BCUT2D eigenvalue weighted by Gasteiger charge is -2.22. The van der Waals surface area contributed by atoms with Crippen LogP contribution in [0.3, 0.4) is 0 Å². The highest BCUT2D eigenvalue weighted by Crippen LogP contribution is 2.15. The van der Waals surface area contributed by atoms with Gasteiger partial charge in [0.05, 0.1) is 24.3 Å². The molecule has 1 aromatic heterocycles. The zero-order chi connectivity index (χ0) is 15.9. The molecule has 7 heteroatoms. The lowest BCUT2D eigenvalue weighted by Crippen LogP contribution is -2.34. The van der Waals surface area contributed by atoms with Gasteiger partial charge in [-0.15, -0.1) is 11.3 Å². The number of aromatic nitrogens is 1. The minimum Gasteiger partial charge on any atom is -0.478 e. The van der Waals surface area contributed by atoms with Gasteiger partial charge in [0, 0.05) is 25.2 Å². The van der Waals surface area contributed by atoms with Crippen molar-refractivity contribution in [1.29, 1.82) is 0 Å². The van der Waals surface area contributed by atoms with Crippen LogP contribution in [0.2, 0.25) is 0 Å². The highest BCUT2D eigenvalue weighted by molar-refractivity contribution is 7.09. The first-order chi connectivity index (χ1) is 10.6. The molecule has 116 valence electrons. The van der Waals surface area contributed by atoms with Gasteiger partial charge in [-0.3, -0.25) is 4.79 Å². The number of ether oxygens (including phenoxy) is 1. The molecule has 1 N–H and O–H groups in total. The molecule has 0 unspecified atom stereocenters. The topological polar surface area (TPSA) is 79.7 Å². The molecule has 0 saturated carbocycles. The van der Waals surface area contributed by atoms with Gasteiger partial charge in [0.1, 0.15) is 5.01 Å². The second-order valence-corrected chi connectivity index (χ2v) is 5.48. The lowest BCUT2D eigenvalue weighted by atomic mass is 10.1. The van der Waals surface area contributed by atoms with Crippen LogP contribution in [0, 0.1) is 0 Å². The normalized spacial score (nSPS) is 10.4. The van der Waals surface area contributed by atoms with Gasteiger partial charge in [-0.25, -0.2) is 9.78 Å². The summed E-state index contributed by atoms with van der Waals surface area (Å²) >= 11 is 1.45. The van der Waals surface area contributed by atoms with Crippen LogP contribution < -0.4 is 0 Å². The van der Waals surface area contributed by atoms with Crippen molar-refractivity contribution in [2.45, 2.75) is 6.54 Å². The van der Waals surface area contributed by atoms with E-state index >= 15 is 0 Å². The summed E-state index contributed by atoms with van der Waals surface area (Å²) in [6.45, 7) is 1.06. The van der Waals surface area contributed by atoms with Gasteiger partial charge in [0.2, 0.25) is 0 Å². The van der Waals surface area contributed by atoms with Crippen LogP contribution >= 0.6 is 11.3 Å². The zero-order valence-corrected chi connectivity index (χ0v) is 12.9. The van der Waals surface area contributed by atoms with E-state index in [1.807, 2.05) is 5.38 Å². The van der Waals surface area contributed by atoms with Crippen molar-refractivity contribution in [2.24, 2.45) is 0 Å². The summed E-state index contributed by atoms with van der Waals surface area (Å²) in [7, 11) is 1.55. The molecule has 0 atom stereocenters. The summed E-state index contributed by atoms with van der Waals surface area (Å²) in [5, 5.41) is 11.8. The molecular weight excluding hydrogens is 304 g/mol. The average Bonchev–Trinajstić information content (AvgIpc) is 3.03. The SMILES string of the molecule is COCCN(Cc1nccs1)C(=O)c1ccccc1C(=O)O. The number of benzene rings is 1. The molecule has 0 aliphatic heterocycles. The second kappa shape index (κ2) is 7.67. The first-order valence-electron chi connectivity index (χ1n) is 6.62. The van der Waals surface area contributed by atoms with E-state index in [0.29, 0.717) is 19.7 Å². The Balaban J connectivity index is 2.26. The van der Waals surface area contributed by atoms with Crippen LogP contribution in [-0.2, 0) is 11.3 Å². The van der Waals surface area contributed by atoms with Crippen LogP contribution in [0.1, 0.15) is 25.7 Å². The van der Waals surface area contributed by atoms with E-state index in [-0.39, 0.29) is 17.0 Å². The van der Waals surface area contributed by atoms with E-state index in [2.05, 4.69) is 4.98 Å². The molecular formula is C15H16N2O4S. The Morgan fingerprint density at radius 1 is 1.32 bits per heavy atom. The first kappa shape index (κ1) is 16.1. The summed E-state index contributed by atoms with van der Waals surface area (Å²) in [5.74, 6) is -1.46. The summed E-state index contributed by atoms with van der Waals surface area (Å²) in [6.07, 6.45) is 1.67. The number of carboxylic acid groups (broad SMARTS) is 1. The molecule has 1 amide bonds. The van der Waals surface area contributed by atoms with Gasteiger partial charge in [-0.2, -0.15) is 0 Å². The molecule has 0 spiro atoms. The minimum absolute atomic E-state index is 0.00550. The van der Waals surface area contributed by atoms with Gasteiger partial charge in [-0.1, -0.05) is 12.1 Å². The number of carbonyl (C=O) groups excluding carboxylic acids is 1. The van der Waals surface area contributed by atoms with Crippen molar-refractivity contribution in [3.05, 3.63) is 52.0 Å². The van der Waals surface area contributed by atoms with Crippen LogP contribution in [0.4, 0.5) is 0 Å². The molecule has 0 aliphatic carbocycles. The Morgan fingerprint density at radius 2 is 2.05 bits per heavy atom. The number of nitrogens with zero attached hydrogens (tertiary/aromatic N) is 2. The summed E-state index contributed by atoms with van der Waals surface area (Å²) in [6, 6.07) is 6.19. The van der Waals surface area contributed by atoms with Crippen molar-refractivity contribution >= 4 is 23.2 Å². The molecule has 0 aliphatic rings. The van der Waals surface area contributed by atoms with Crippen molar-refractivity contribution in [3.8, 4) is 0 Å². The van der Waals surface area contributed by atoms with Crippen molar-refractivity contribution in [3.63, 3.8) is 0 Å². The van der Waals surface area contributed by atoms with E-state index in [1.165, 1.54) is 23.5 Å². The lowest BCUT2D eigenvalue weighted by molar-refractivity contribution is 0.0647. The van der Waals surface area contributed by atoms with Gasteiger partial charge in [0.15, 0.2) is 0 Å². The van der Waals surface area contributed by atoms with E-state index in [9.17, 15) is 14.7 Å². The van der Waals surface area contributed by atoms with Crippen molar-refractivity contribution in [2.75, 3.05) is 20.3 Å². The van der Waals surface area contributed by atoms with Crippen LogP contribution in [-0.4, -0.2) is 47.1 Å². The molecule has 6 nitrogen and oxygen atoms in total. The highest BCUT2D eigenvalue weighted by atomic mass is 32.1. The predicted octanol–water partition coefficient (Wildman–Crippen LogP) is 2.13. The number of methoxy groups -OCH3 is 1. The number of hydrogen-bond acceptors (Lipinski definition) is 5. The van der Waals surface area contributed by atoms with E-state index in [4.69, 9.17) is 4.74 Å². The predicted molar refractivity (Wildman–Crippen MR) is 82.1 cm³/mol. The van der Waals surface area contributed by atoms with Gasteiger partial charge < -0.3 is 14.7 Å². The van der Waals surface area contributed by atoms with Crippen LogP contribution in [0.15, 0.2) is 35.8 Å². The Kier molecular flexibility index (Phi) is 5.62. The number of aromatic carboxylic acids is 1. The van der Waals surface area contributed by atoms with Crippen molar-refractivity contribution < 1.29 is 19.4 Å². The Labute approximate surface area is 132 Å². The van der Waals surface area contributed by atoms with Crippen LogP contribution in [0.5, 0.6) is 0 Å². The Hall–Kier alpha value is -2.25. The Morgan fingerprint density at radius 3 is 2.64 bits per heavy atom. The summed E-state index contributed by atoms with van der Waals surface area (Å²) in [4.78, 5) is 29.7. The van der Waals surface area contributed by atoms with Gasteiger partial charge in [-0.05, 0) is 12.1 Å². The van der Waals surface area contributed by atoms with Crippen LogP contribution in [0.25, 0.3) is 0 Å². The number of hydrogen-bond donors (Lipinski definition) is 1. The molecule has 22 heavy (non-hydrogen) atoms. The van der Waals surface area contributed by atoms with E-state index in [0.717, 1.165) is 5.01 Å². The number of carboxylic acids is 1. The molecule has 2 rings (SSSR count). The third-order valence-electron chi connectivity index (χ3n) is 3.05. The maximum absolute atomic E-state index is 12.7. The van der Waals surface area contributed by atoms with E-state index < -0.39 is 5.97 Å². The third kappa shape index (κ3) is 3.90. The minimum atomic E-state index is -1.12. The third-order valence-corrected chi connectivity index (χ3v) is 3.81. The quantitative estimate of drug-likeness (QED) is 0.845. The number of carbonyl (C=O) groups is 2. The molecule has 1 aromatic carbocycles. The number of amides is 1. The maximum atomic E-state index is 12.7. The standard InChI is InChI=1S/C15H16N2O4S/c1-21-8-7-17(10-13-16-6-9-22-13)14(18)11-4-2-3-5-12(11)15(19)20/h2-6,9H,7-8,10H2,1H3,(H,19,20). The van der Waals surface area contributed by atoms with Gasteiger partial charge >= 0.3 is 5.97 Å². The molecule has 0 saturated heterocycles. The van der Waals surface area contributed by atoms with E-state index in [1.54, 1.807) is 30.3 Å². The molecule has 1 heterocycles. The highest BCUT2D eigenvalue weighted by Gasteiger charge is 2.22. The largest absolute Gasteiger partial charge is 0.478 e. The fraction of sp³-hybridized carbons (Fsp3) is 0.267. The molecule has 0 bridgehead atoms. The summed E-state index contributed by atoms with van der Waals surface area (Å²) in [5.41, 5.74) is 0.164. The Bertz CT molecular complexity index is 643. The molecule has 0 radical (unpaired) electrons. The summed E-state index contributed by atoms with van der Waals surface area (Å²) < 4.78 is 5.03. The van der Waals surface area contributed by atoms with Gasteiger partial charge in [0.25, 0.3) is 5.91 Å².